The number of rotatable bonds is 4. The highest BCUT2D eigenvalue weighted by atomic mass is 16.3. The molecule has 4 aromatic heterocycles. The molecule has 0 N–H and O–H groups in total. The molecule has 4 heterocycles. The van der Waals surface area contributed by atoms with Gasteiger partial charge < -0.3 is 13.4 Å². The van der Waals surface area contributed by atoms with Gasteiger partial charge in [0.1, 0.15) is 22.3 Å². The molecule has 0 spiro atoms. The maximum atomic E-state index is 6.65. The van der Waals surface area contributed by atoms with Crippen molar-refractivity contribution in [2.75, 3.05) is 0 Å². The van der Waals surface area contributed by atoms with Crippen LogP contribution in [0.2, 0.25) is 0 Å². The quantitative estimate of drug-likeness (QED) is 0.177. The molecule has 6 nitrogen and oxygen atoms in total. The van der Waals surface area contributed by atoms with Crippen molar-refractivity contribution in [2.24, 2.45) is 0 Å². The monoisotopic (exact) mass is 804 g/mol. The maximum Gasteiger partial charge on any atom is 0.164 e. The van der Waals surface area contributed by atoms with E-state index in [0.717, 1.165) is 82.5 Å². The number of para-hydroxylation sites is 2. The lowest BCUT2D eigenvalue weighted by molar-refractivity contribution is 0.669. The predicted octanol–water partition coefficient (Wildman–Crippen LogP) is 15.2. The van der Waals surface area contributed by atoms with Gasteiger partial charge >= 0.3 is 0 Å². The second-order valence-electron chi connectivity index (χ2n) is 16.3. The standard InChI is InChI=1S/C57H32N4O2/c1-2-13-34(14-3-1)55-58-56(37-23-25-41-40-18-8-10-20-49(40)62-51(41)30-37)60-57(59-55)47-32-52-53(44-19-9-11-21-50(44)63-52)42-27-24-38(31-45(42)47)61-48-29-36-16-5-4-15-35(36)28-46(48)43-26-22-33-12-6-7-17-39(33)54(43)61/h1-32H. The van der Waals surface area contributed by atoms with Crippen molar-refractivity contribution in [2.45, 2.75) is 0 Å². The molecule has 0 radical (unpaired) electrons. The van der Waals surface area contributed by atoms with Gasteiger partial charge in [-0.05, 0) is 81.5 Å². The summed E-state index contributed by atoms with van der Waals surface area (Å²) in [4.78, 5) is 15.7. The van der Waals surface area contributed by atoms with Crippen molar-refractivity contribution in [3.05, 3.63) is 194 Å². The lowest BCUT2D eigenvalue weighted by Crippen LogP contribution is -2.01. The second kappa shape index (κ2) is 12.9. The van der Waals surface area contributed by atoms with E-state index in [1.807, 2.05) is 66.7 Å². The van der Waals surface area contributed by atoms with Gasteiger partial charge in [-0.25, -0.2) is 15.0 Å². The number of fused-ring (bicyclic) bond motifs is 14. The Kier molecular flexibility index (Phi) is 7.02. The van der Waals surface area contributed by atoms with Crippen LogP contribution in [0.3, 0.4) is 0 Å². The summed E-state index contributed by atoms with van der Waals surface area (Å²) >= 11 is 0. The van der Waals surface area contributed by atoms with Gasteiger partial charge in [-0.1, -0.05) is 140 Å². The number of furan rings is 2. The van der Waals surface area contributed by atoms with Crippen LogP contribution in [0, 0.1) is 0 Å². The van der Waals surface area contributed by atoms with E-state index in [1.165, 1.54) is 37.8 Å². The Balaban J connectivity index is 1.08. The molecule has 0 saturated heterocycles. The zero-order chi connectivity index (χ0) is 41.2. The average molecular weight is 805 g/mol. The van der Waals surface area contributed by atoms with Gasteiger partial charge in [0.25, 0.3) is 0 Å². The zero-order valence-corrected chi connectivity index (χ0v) is 33.6. The molecule has 63 heavy (non-hydrogen) atoms. The van der Waals surface area contributed by atoms with Crippen molar-refractivity contribution in [1.29, 1.82) is 0 Å². The summed E-state index contributed by atoms with van der Waals surface area (Å²) < 4.78 is 15.4. The fraction of sp³-hybridized carbons (Fsp3) is 0. The number of hydrogen-bond acceptors (Lipinski definition) is 5. The lowest BCUT2D eigenvalue weighted by Gasteiger charge is -2.14. The van der Waals surface area contributed by atoms with E-state index in [4.69, 9.17) is 23.8 Å². The molecule has 0 saturated carbocycles. The molecule has 6 heteroatoms. The molecule has 14 rings (SSSR count). The Morgan fingerprint density at radius 2 is 0.952 bits per heavy atom. The van der Waals surface area contributed by atoms with Gasteiger partial charge in [0.2, 0.25) is 0 Å². The minimum atomic E-state index is 0.548. The minimum absolute atomic E-state index is 0.548. The molecule has 0 unspecified atom stereocenters. The fourth-order valence-corrected chi connectivity index (χ4v) is 9.89. The van der Waals surface area contributed by atoms with Crippen LogP contribution in [-0.4, -0.2) is 19.5 Å². The number of benzene rings is 10. The average Bonchev–Trinajstić information content (AvgIpc) is 4.02. The SMILES string of the molecule is c1ccc(-c2nc(-c3ccc4c(c3)oc3ccccc34)nc(-c3cc4oc5ccccc5c4c4ccc(-n5c6cc7ccccc7cc6c6ccc7ccccc7c65)cc34)n2)cc1. The first-order valence-electron chi connectivity index (χ1n) is 21.2. The summed E-state index contributed by atoms with van der Waals surface area (Å²) in [6.45, 7) is 0. The molecule has 0 amide bonds. The third kappa shape index (κ3) is 5.09. The third-order valence-corrected chi connectivity index (χ3v) is 12.8. The summed E-state index contributed by atoms with van der Waals surface area (Å²) in [6.07, 6.45) is 0. The van der Waals surface area contributed by atoms with E-state index >= 15 is 0 Å². The van der Waals surface area contributed by atoms with Gasteiger partial charge in [0.15, 0.2) is 17.5 Å². The van der Waals surface area contributed by atoms with Gasteiger partial charge in [-0.2, -0.15) is 0 Å². The normalized spacial score (nSPS) is 12.1. The first kappa shape index (κ1) is 34.1. The van der Waals surface area contributed by atoms with E-state index in [9.17, 15) is 0 Å². The smallest absolute Gasteiger partial charge is 0.164 e. The summed E-state index contributed by atoms with van der Waals surface area (Å²) in [5.74, 6) is 1.68. The van der Waals surface area contributed by atoms with Crippen molar-refractivity contribution in [3.63, 3.8) is 0 Å². The lowest BCUT2D eigenvalue weighted by atomic mass is 9.97. The molecule has 0 atom stereocenters. The first-order valence-corrected chi connectivity index (χ1v) is 21.2. The summed E-state index contributed by atoms with van der Waals surface area (Å²) in [6, 6.07) is 68.1. The molecule has 0 aliphatic heterocycles. The predicted molar refractivity (Wildman–Crippen MR) is 258 cm³/mol. The van der Waals surface area contributed by atoms with Gasteiger partial charge in [-0.3, -0.25) is 0 Å². The summed E-state index contributed by atoms with van der Waals surface area (Å²) in [5, 5.41) is 13.5. The van der Waals surface area contributed by atoms with Crippen LogP contribution in [0.15, 0.2) is 203 Å². The highest BCUT2D eigenvalue weighted by molar-refractivity contribution is 6.24. The van der Waals surface area contributed by atoms with E-state index in [-0.39, 0.29) is 0 Å². The maximum absolute atomic E-state index is 6.65. The van der Waals surface area contributed by atoms with Crippen LogP contribution in [0.5, 0.6) is 0 Å². The summed E-state index contributed by atoms with van der Waals surface area (Å²) in [5.41, 5.74) is 9.15. The van der Waals surface area contributed by atoms with E-state index in [2.05, 4.69) is 132 Å². The highest BCUT2D eigenvalue weighted by Gasteiger charge is 2.22. The molecule has 0 aliphatic carbocycles. The molecule has 0 aliphatic rings. The molecule has 292 valence electrons. The van der Waals surface area contributed by atoms with Crippen LogP contribution in [0.4, 0.5) is 0 Å². The van der Waals surface area contributed by atoms with Crippen molar-refractivity contribution in [3.8, 4) is 39.9 Å². The Morgan fingerprint density at radius 3 is 1.79 bits per heavy atom. The molecular formula is C57H32N4O2. The molecular weight excluding hydrogens is 773 g/mol. The van der Waals surface area contributed by atoms with Crippen LogP contribution in [-0.2, 0) is 0 Å². The molecule has 0 fully saturated rings. The van der Waals surface area contributed by atoms with E-state index in [1.54, 1.807) is 0 Å². The van der Waals surface area contributed by atoms with Crippen molar-refractivity contribution < 1.29 is 8.83 Å². The Bertz CT molecular complexity index is 4220. The minimum Gasteiger partial charge on any atom is -0.456 e. The Labute approximate surface area is 358 Å². The Morgan fingerprint density at radius 1 is 0.333 bits per heavy atom. The number of hydrogen-bond donors (Lipinski definition) is 0. The third-order valence-electron chi connectivity index (χ3n) is 12.8. The Hall–Kier alpha value is -8.61. The largest absolute Gasteiger partial charge is 0.456 e. The fourth-order valence-electron chi connectivity index (χ4n) is 9.89. The van der Waals surface area contributed by atoms with Crippen LogP contribution < -0.4 is 0 Å². The topological polar surface area (TPSA) is 69.9 Å². The van der Waals surface area contributed by atoms with Crippen LogP contribution >= 0.6 is 0 Å². The molecule has 0 bridgehead atoms. The van der Waals surface area contributed by atoms with Crippen LogP contribution in [0.25, 0.3) is 138 Å². The summed E-state index contributed by atoms with van der Waals surface area (Å²) in [7, 11) is 0. The van der Waals surface area contributed by atoms with Crippen molar-refractivity contribution >= 4 is 98.0 Å². The van der Waals surface area contributed by atoms with E-state index < -0.39 is 0 Å². The van der Waals surface area contributed by atoms with E-state index in [0.29, 0.717) is 17.5 Å². The molecule has 14 aromatic rings. The molecule has 10 aromatic carbocycles. The van der Waals surface area contributed by atoms with Crippen LogP contribution in [0.1, 0.15) is 0 Å². The van der Waals surface area contributed by atoms with Crippen molar-refractivity contribution in [1.82, 2.24) is 19.5 Å². The van der Waals surface area contributed by atoms with Gasteiger partial charge in [0, 0.05) is 60.1 Å². The zero-order valence-electron chi connectivity index (χ0n) is 33.6. The second-order valence-corrected chi connectivity index (χ2v) is 16.3. The van der Waals surface area contributed by atoms with Gasteiger partial charge in [0.05, 0.1) is 11.0 Å². The first-order chi connectivity index (χ1) is 31.2. The number of nitrogens with zero attached hydrogens (tertiary/aromatic N) is 4. The highest BCUT2D eigenvalue weighted by Crippen LogP contribution is 2.44. The van der Waals surface area contributed by atoms with Gasteiger partial charge in [-0.15, -0.1) is 0 Å². The number of aromatic nitrogens is 4.